The first-order valence-electron chi connectivity index (χ1n) is 5.44. The summed E-state index contributed by atoms with van der Waals surface area (Å²) >= 11 is 0. The van der Waals surface area contributed by atoms with Crippen molar-refractivity contribution in [3.63, 3.8) is 0 Å². The Morgan fingerprint density at radius 3 is 2.81 bits per heavy atom. The average Bonchev–Trinajstić information content (AvgIpc) is 2.16. The number of likely N-dealkylation sites (N-methyl/N-ethyl adjacent to an activating group) is 1. The van der Waals surface area contributed by atoms with Crippen LogP contribution < -0.4 is 16.0 Å². The standard InChI is InChI=1S/C10H20N4O2/c1-7(6-14(2)3)13-10(16)8-4-12-9(15)5-11-8/h7-8,11H,4-6H2,1-3H3,(H,12,15)(H,13,16). The van der Waals surface area contributed by atoms with Crippen molar-refractivity contribution < 1.29 is 9.59 Å². The van der Waals surface area contributed by atoms with E-state index >= 15 is 0 Å². The highest BCUT2D eigenvalue weighted by Gasteiger charge is 2.24. The zero-order valence-electron chi connectivity index (χ0n) is 10.0. The van der Waals surface area contributed by atoms with Crippen LogP contribution in [0.4, 0.5) is 0 Å². The van der Waals surface area contributed by atoms with Crippen molar-refractivity contribution in [1.82, 2.24) is 20.9 Å². The predicted octanol–water partition coefficient (Wildman–Crippen LogP) is -1.86. The highest BCUT2D eigenvalue weighted by Crippen LogP contribution is 1.91. The molecule has 16 heavy (non-hydrogen) atoms. The van der Waals surface area contributed by atoms with Crippen molar-refractivity contribution in [2.24, 2.45) is 0 Å². The zero-order valence-corrected chi connectivity index (χ0v) is 10.0. The first-order valence-corrected chi connectivity index (χ1v) is 5.44. The van der Waals surface area contributed by atoms with Gasteiger partial charge in [-0.1, -0.05) is 0 Å². The van der Waals surface area contributed by atoms with Crippen LogP contribution in [0.1, 0.15) is 6.92 Å². The lowest BCUT2D eigenvalue weighted by Gasteiger charge is -2.25. The van der Waals surface area contributed by atoms with Crippen molar-refractivity contribution in [2.75, 3.05) is 33.7 Å². The van der Waals surface area contributed by atoms with E-state index in [0.717, 1.165) is 6.54 Å². The largest absolute Gasteiger partial charge is 0.353 e. The Morgan fingerprint density at radius 2 is 2.31 bits per heavy atom. The van der Waals surface area contributed by atoms with Gasteiger partial charge in [0.25, 0.3) is 0 Å². The number of carbonyl (C=O) groups excluding carboxylic acids is 2. The van der Waals surface area contributed by atoms with E-state index in [1.807, 2.05) is 25.9 Å². The van der Waals surface area contributed by atoms with Crippen molar-refractivity contribution >= 4 is 11.8 Å². The first-order chi connectivity index (χ1) is 7.49. The summed E-state index contributed by atoms with van der Waals surface area (Å²) in [5.41, 5.74) is 0. The third kappa shape index (κ3) is 4.16. The molecule has 2 atom stereocenters. The minimum atomic E-state index is -0.317. The van der Waals surface area contributed by atoms with Crippen LogP contribution in [0.2, 0.25) is 0 Å². The lowest BCUT2D eigenvalue weighted by Crippen LogP contribution is -2.59. The molecule has 1 aliphatic heterocycles. The van der Waals surface area contributed by atoms with Gasteiger partial charge in [-0.15, -0.1) is 0 Å². The quantitative estimate of drug-likeness (QED) is 0.528. The summed E-state index contributed by atoms with van der Waals surface area (Å²) in [6.45, 7) is 3.32. The van der Waals surface area contributed by atoms with E-state index in [9.17, 15) is 9.59 Å². The van der Waals surface area contributed by atoms with Gasteiger partial charge >= 0.3 is 0 Å². The molecule has 0 aromatic rings. The number of hydrogen-bond acceptors (Lipinski definition) is 4. The van der Waals surface area contributed by atoms with Crippen LogP contribution >= 0.6 is 0 Å². The molecule has 0 aromatic carbocycles. The zero-order chi connectivity index (χ0) is 12.1. The molecule has 2 amide bonds. The average molecular weight is 228 g/mol. The molecule has 0 spiro atoms. The Labute approximate surface area is 95.8 Å². The molecular formula is C10H20N4O2. The van der Waals surface area contributed by atoms with Crippen molar-refractivity contribution in [3.8, 4) is 0 Å². The fraction of sp³-hybridized carbons (Fsp3) is 0.800. The number of nitrogens with zero attached hydrogens (tertiary/aromatic N) is 1. The monoisotopic (exact) mass is 228 g/mol. The lowest BCUT2D eigenvalue weighted by atomic mass is 10.2. The van der Waals surface area contributed by atoms with E-state index in [2.05, 4.69) is 16.0 Å². The van der Waals surface area contributed by atoms with Gasteiger partial charge in [-0.3, -0.25) is 14.9 Å². The van der Waals surface area contributed by atoms with Crippen LogP contribution in [0.15, 0.2) is 0 Å². The summed E-state index contributed by atoms with van der Waals surface area (Å²) in [5.74, 6) is -0.125. The fourth-order valence-corrected chi connectivity index (χ4v) is 1.69. The molecule has 6 nitrogen and oxygen atoms in total. The number of rotatable bonds is 4. The normalized spacial score (nSPS) is 22.8. The van der Waals surface area contributed by atoms with E-state index in [-0.39, 0.29) is 30.4 Å². The minimum Gasteiger partial charge on any atom is -0.353 e. The second-order valence-corrected chi connectivity index (χ2v) is 4.41. The summed E-state index contributed by atoms with van der Waals surface area (Å²) in [5, 5.41) is 8.45. The van der Waals surface area contributed by atoms with Crippen LogP contribution in [-0.4, -0.2) is 62.5 Å². The topological polar surface area (TPSA) is 73.5 Å². The van der Waals surface area contributed by atoms with E-state index in [1.54, 1.807) is 0 Å². The summed E-state index contributed by atoms with van der Waals surface area (Å²) in [6, 6.07) is -0.218. The SMILES string of the molecule is CC(CN(C)C)NC(=O)C1CNC(=O)CN1. The van der Waals surface area contributed by atoms with Gasteiger partial charge in [0, 0.05) is 19.1 Å². The molecular weight excluding hydrogens is 208 g/mol. The Morgan fingerprint density at radius 1 is 1.62 bits per heavy atom. The van der Waals surface area contributed by atoms with Crippen molar-refractivity contribution in [2.45, 2.75) is 19.0 Å². The van der Waals surface area contributed by atoms with Gasteiger partial charge in [0.1, 0.15) is 6.04 Å². The molecule has 1 fully saturated rings. The molecule has 2 unspecified atom stereocenters. The molecule has 0 aromatic heterocycles. The number of piperazine rings is 1. The molecule has 92 valence electrons. The number of carbonyl (C=O) groups is 2. The Kier molecular flexibility index (Phi) is 4.70. The van der Waals surface area contributed by atoms with Crippen molar-refractivity contribution in [3.05, 3.63) is 0 Å². The van der Waals surface area contributed by atoms with E-state index in [4.69, 9.17) is 0 Å². The van der Waals surface area contributed by atoms with E-state index in [1.165, 1.54) is 0 Å². The Bertz CT molecular complexity index is 258. The maximum absolute atomic E-state index is 11.8. The summed E-state index contributed by atoms with van der Waals surface area (Å²) < 4.78 is 0. The molecule has 0 aliphatic carbocycles. The third-order valence-electron chi connectivity index (χ3n) is 2.36. The smallest absolute Gasteiger partial charge is 0.239 e. The van der Waals surface area contributed by atoms with Gasteiger partial charge < -0.3 is 15.5 Å². The number of hydrogen-bond donors (Lipinski definition) is 3. The molecule has 0 radical (unpaired) electrons. The van der Waals surface area contributed by atoms with Gasteiger partial charge in [-0.25, -0.2) is 0 Å². The molecule has 1 aliphatic rings. The predicted molar refractivity (Wildman–Crippen MR) is 61.0 cm³/mol. The number of nitrogens with one attached hydrogen (secondary N) is 3. The van der Waals surface area contributed by atoms with Crippen molar-refractivity contribution in [1.29, 1.82) is 0 Å². The maximum atomic E-state index is 11.8. The Hall–Kier alpha value is -1.14. The number of amides is 2. The summed E-state index contributed by atoms with van der Waals surface area (Å²) in [4.78, 5) is 24.7. The van der Waals surface area contributed by atoms with Gasteiger partial charge in [-0.2, -0.15) is 0 Å². The highest BCUT2D eigenvalue weighted by molar-refractivity contribution is 5.86. The summed E-state index contributed by atoms with van der Waals surface area (Å²) in [7, 11) is 3.92. The van der Waals surface area contributed by atoms with Gasteiger partial charge in [0.05, 0.1) is 6.54 Å². The second kappa shape index (κ2) is 5.81. The molecule has 1 rings (SSSR count). The van der Waals surface area contributed by atoms with E-state index in [0.29, 0.717) is 6.54 Å². The maximum Gasteiger partial charge on any atom is 0.239 e. The first kappa shape index (κ1) is 12.9. The van der Waals surface area contributed by atoms with Gasteiger partial charge in [0.2, 0.25) is 11.8 Å². The summed E-state index contributed by atoms with van der Waals surface area (Å²) in [6.07, 6.45) is 0. The van der Waals surface area contributed by atoms with Gasteiger partial charge in [-0.05, 0) is 21.0 Å². The van der Waals surface area contributed by atoms with Crippen LogP contribution in [0.3, 0.4) is 0 Å². The lowest BCUT2D eigenvalue weighted by molar-refractivity contribution is -0.127. The molecule has 6 heteroatoms. The van der Waals surface area contributed by atoms with Crippen LogP contribution in [-0.2, 0) is 9.59 Å². The minimum absolute atomic E-state index is 0.0608. The van der Waals surface area contributed by atoms with Gasteiger partial charge in [0.15, 0.2) is 0 Å². The molecule has 0 saturated carbocycles. The van der Waals surface area contributed by atoms with Crippen LogP contribution in [0, 0.1) is 0 Å². The van der Waals surface area contributed by atoms with E-state index < -0.39 is 0 Å². The Balaban J connectivity index is 2.31. The molecule has 0 bridgehead atoms. The van der Waals surface area contributed by atoms with Crippen LogP contribution in [0.5, 0.6) is 0 Å². The third-order valence-corrected chi connectivity index (χ3v) is 2.36. The van der Waals surface area contributed by atoms with Crippen LogP contribution in [0.25, 0.3) is 0 Å². The highest BCUT2D eigenvalue weighted by atomic mass is 16.2. The molecule has 1 heterocycles. The second-order valence-electron chi connectivity index (χ2n) is 4.41. The molecule has 3 N–H and O–H groups in total. The molecule has 1 saturated heterocycles. The fourth-order valence-electron chi connectivity index (χ4n) is 1.69.